The Balaban J connectivity index is 2.64. The molecule has 0 aliphatic rings. The van der Waals surface area contributed by atoms with Gasteiger partial charge >= 0.3 is 0 Å². The second kappa shape index (κ2) is 3.80. The molecule has 3 heterocycles. The van der Waals surface area contributed by atoms with Crippen LogP contribution in [0.2, 0.25) is 0 Å². The number of aryl methyl sites for hydroxylation is 2. The highest BCUT2D eigenvalue weighted by atomic mass is 32.1. The third kappa shape index (κ3) is 1.52. The molecule has 3 aromatic heterocycles. The lowest BCUT2D eigenvalue weighted by Crippen LogP contribution is -2.09. The lowest BCUT2D eigenvalue weighted by molar-refractivity contribution is 0.479. The summed E-state index contributed by atoms with van der Waals surface area (Å²) in [5.41, 5.74) is 1.57. The van der Waals surface area contributed by atoms with Crippen molar-refractivity contribution in [2.75, 3.05) is 0 Å². The average molecular weight is 271 g/mol. The number of rotatable bonds is 0. The molecule has 0 spiro atoms. The number of aromatic hydroxyl groups is 1. The van der Waals surface area contributed by atoms with Crippen molar-refractivity contribution in [1.82, 2.24) is 9.97 Å². The van der Waals surface area contributed by atoms with Crippen LogP contribution in [0.1, 0.15) is 16.8 Å². The molecule has 0 saturated carbocycles. The maximum absolute atomic E-state index is 11.8. The molecule has 0 aliphatic carbocycles. The Morgan fingerprint density at radius 2 is 2.21 bits per heavy atom. The molecule has 0 amide bonds. The number of H-pyrrole nitrogens is 1. The van der Waals surface area contributed by atoms with Gasteiger partial charge in [0.15, 0.2) is 11.3 Å². The van der Waals surface area contributed by atoms with Crippen molar-refractivity contribution < 1.29 is 5.11 Å². The fourth-order valence-corrected chi connectivity index (χ4v) is 3.43. The van der Waals surface area contributed by atoms with Crippen molar-refractivity contribution in [3.63, 3.8) is 0 Å². The van der Waals surface area contributed by atoms with E-state index >= 15 is 0 Å². The van der Waals surface area contributed by atoms with Gasteiger partial charge in [0.25, 0.3) is 5.56 Å². The van der Waals surface area contributed by atoms with Crippen LogP contribution in [0.4, 0.5) is 0 Å². The van der Waals surface area contributed by atoms with Crippen LogP contribution < -0.4 is 5.56 Å². The van der Waals surface area contributed by atoms with Gasteiger partial charge in [0.1, 0.15) is 10.9 Å². The highest BCUT2D eigenvalue weighted by Gasteiger charge is 2.17. The Morgan fingerprint density at radius 1 is 1.47 bits per heavy atom. The first-order valence-electron chi connectivity index (χ1n) is 5.58. The summed E-state index contributed by atoms with van der Waals surface area (Å²) in [6.45, 7) is 3.82. The van der Waals surface area contributed by atoms with Gasteiger partial charge < -0.3 is 10.1 Å². The highest BCUT2D eigenvalue weighted by molar-refractivity contribution is 7.25. The predicted octanol–water partition coefficient (Wildman–Crippen LogP) is 2.33. The largest absolute Gasteiger partial charge is 0.505 e. The van der Waals surface area contributed by atoms with Gasteiger partial charge in [-0.1, -0.05) is 0 Å². The smallest absolute Gasteiger partial charge is 0.270 e. The van der Waals surface area contributed by atoms with E-state index in [1.165, 1.54) is 11.3 Å². The van der Waals surface area contributed by atoms with E-state index in [4.69, 9.17) is 5.26 Å². The number of aromatic nitrogens is 2. The molecule has 0 unspecified atom stereocenters. The van der Waals surface area contributed by atoms with Crippen LogP contribution in [0.5, 0.6) is 5.75 Å². The molecule has 0 aromatic carbocycles. The van der Waals surface area contributed by atoms with Crippen molar-refractivity contribution >= 4 is 31.8 Å². The lowest BCUT2D eigenvalue weighted by Gasteiger charge is -2.00. The van der Waals surface area contributed by atoms with Gasteiger partial charge in [-0.2, -0.15) is 5.26 Å². The number of thiophene rings is 1. The number of nitrogens with zero attached hydrogens (tertiary/aromatic N) is 2. The summed E-state index contributed by atoms with van der Waals surface area (Å²) in [6, 6.07) is 3.64. The minimum absolute atomic E-state index is 0.256. The number of nitriles is 1. The highest BCUT2D eigenvalue weighted by Crippen LogP contribution is 2.38. The number of aromatic amines is 1. The van der Waals surface area contributed by atoms with Crippen LogP contribution in [0.3, 0.4) is 0 Å². The topological polar surface area (TPSA) is 89.8 Å². The number of hydrogen-bond acceptors (Lipinski definition) is 5. The molecule has 0 atom stereocenters. The van der Waals surface area contributed by atoms with E-state index in [-0.39, 0.29) is 11.3 Å². The summed E-state index contributed by atoms with van der Waals surface area (Å²) < 4.78 is 0.493. The van der Waals surface area contributed by atoms with E-state index in [0.717, 1.165) is 21.5 Å². The lowest BCUT2D eigenvalue weighted by atomic mass is 10.1. The third-order valence-corrected chi connectivity index (χ3v) is 4.11. The molecular weight excluding hydrogens is 262 g/mol. The molecule has 2 N–H and O–H groups in total. The van der Waals surface area contributed by atoms with Crippen molar-refractivity contribution in [1.29, 1.82) is 5.26 Å². The molecule has 3 aromatic rings. The molecule has 0 saturated heterocycles. The maximum Gasteiger partial charge on any atom is 0.270 e. The summed E-state index contributed by atoms with van der Waals surface area (Å²) in [5, 5.41) is 19.7. The van der Waals surface area contributed by atoms with Gasteiger partial charge in [-0.3, -0.25) is 4.79 Å². The minimum Gasteiger partial charge on any atom is -0.505 e. The molecule has 5 nitrogen and oxygen atoms in total. The van der Waals surface area contributed by atoms with Gasteiger partial charge in [-0.25, -0.2) is 4.98 Å². The summed E-state index contributed by atoms with van der Waals surface area (Å²) in [7, 11) is 0. The van der Waals surface area contributed by atoms with Crippen molar-refractivity contribution in [2.24, 2.45) is 0 Å². The van der Waals surface area contributed by atoms with Gasteiger partial charge in [0.05, 0.1) is 10.2 Å². The first-order valence-corrected chi connectivity index (χ1v) is 6.40. The third-order valence-electron chi connectivity index (χ3n) is 3.02. The van der Waals surface area contributed by atoms with Crippen LogP contribution >= 0.6 is 11.3 Å². The summed E-state index contributed by atoms with van der Waals surface area (Å²) >= 11 is 1.27. The Kier molecular flexibility index (Phi) is 2.34. The number of hydrogen-bond donors (Lipinski definition) is 2. The summed E-state index contributed by atoms with van der Waals surface area (Å²) in [4.78, 5) is 19.6. The molecule has 0 radical (unpaired) electrons. The number of pyridine rings is 2. The molecular formula is C13H9N3O2S. The monoisotopic (exact) mass is 271 g/mol. The Labute approximate surface area is 111 Å². The summed E-state index contributed by atoms with van der Waals surface area (Å²) in [5.74, 6) is -0.263. The first kappa shape index (κ1) is 11.7. The number of nitrogens with one attached hydrogen (secondary N) is 1. The maximum atomic E-state index is 11.8. The van der Waals surface area contributed by atoms with Crippen molar-refractivity contribution in [3.05, 3.63) is 33.2 Å². The quantitative estimate of drug-likeness (QED) is 0.656. The number of fused-ring (bicyclic) bond motifs is 3. The van der Waals surface area contributed by atoms with E-state index in [2.05, 4.69) is 9.97 Å². The van der Waals surface area contributed by atoms with Gasteiger partial charge in [-0.05, 0) is 25.5 Å². The zero-order chi connectivity index (χ0) is 13.7. The average Bonchev–Trinajstić information content (AvgIpc) is 2.68. The molecule has 0 bridgehead atoms. The van der Waals surface area contributed by atoms with E-state index in [1.807, 2.05) is 19.9 Å². The minimum atomic E-state index is -0.577. The van der Waals surface area contributed by atoms with Gasteiger partial charge in [-0.15, -0.1) is 11.3 Å². The summed E-state index contributed by atoms with van der Waals surface area (Å²) in [6.07, 6.45) is 0. The molecule has 94 valence electrons. The van der Waals surface area contributed by atoms with Crippen LogP contribution in [-0.2, 0) is 0 Å². The fraction of sp³-hybridized carbons (Fsp3) is 0.154. The molecule has 6 heteroatoms. The van der Waals surface area contributed by atoms with Crippen LogP contribution in [0.15, 0.2) is 10.9 Å². The van der Waals surface area contributed by atoms with E-state index < -0.39 is 5.56 Å². The molecule has 19 heavy (non-hydrogen) atoms. The van der Waals surface area contributed by atoms with Crippen LogP contribution in [0.25, 0.3) is 20.4 Å². The SMILES string of the molecule is Cc1cc(C)c2c(n1)sc1c(O)c(C#N)c(=O)[nH]c12. The van der Waals surface area contributed by atoms with E-state index in [1.54, 1.807) is 6.07 Å². The fourth-order valence-electron chi connectivity index (χ4n) is 2.23. The Bertz CT molecular complexity index is 931. The van der Waals surface area contributed by atoms with E-state index in [0.29, 0.717) is 10.2 Å². The van der Waals surface area contributed by atoms with Crippen molar-refractivity contribution in [2.45, 2.75) is 13.8 Å². The Morgan fingerprint density at radius 3 is 2.89 bits per heavy atom. The predicted molar refractivity (Wildman–Crippen MR) is 73.6 cm³/mol. The second-order valence-electron chi connectivity index (χ2n) is 4.36. The zero-order valence-corrected chi connectivity index (χ0v) is 11.1. The van der Waals surface area contributed by atoms with Crippen molar-refractivity contribution in [3.8, 4) is 11.8 Å². The Hall–Kier alpha value is -2.39. The normalized spacial score (nSPS) is 11.0. The first-order chi connectivity index (χ1) is 9.02. The molecule has 3 rings (SSSR count). The van der Waals surface area contributed by atoms with Crippen LogP contribution in [0, 0.1) is 25.2 Å². The zero-order valence-electron chi connectivity index (χ0n) is 10.2. The van der Waals surface area contributed by atoms with Gasteiger partial charge in [0, 0.05) is 11.1 Å². The molecule has 0 aliphatic heterocycles. The molecule has 0 fully saturated rings. The van der Waals surface area contributed by atoms with Crippen LogP contribution in [-0.4, -0.2) is 15.1 Å². The van der Waals surface area contributed by atoms with E-state index in [9.17, 15) is 9.90 Å². The standard InChI is InChI=1S/C13H9N3O2S/c1-5-3-6(2)15-13-8(5)9-11(19-13)10(17)7(4-14)12(18)16-9/h3H,1-2H3,(H2,16,17,18). The van der Waals surface area contributed by atoms with Gasteiger partial charge in [0.2, 0.25) is 0 Å². The second-order valence-corrected chi connectivity index (χ2v) is 5.36.